The summed E-state index contributed by atoms with van der Waals surface area (Å²) in [4.78, 5) is 13.1. The Hall–Kier alpha value is -1.97. The molecule has 1 fully saturated rings. The smallest absolute Gasteiger partial charge is 0.246 e. The minimum atomic E-state index is 0.0204. The molecule has 0 bridgehead atoms. The van der Waals surface area contributed by atoms with Crippen LogP contribution in [-0.2, 0) is 4.79 Å². The minimum Gasteiger partial charge on any atom is -0.504 e. The Morgan fingerprint density at radius 1 is 1.50 bits per heavy atom. The summed E-state index contributed by atoms with van der Waals surface area (Å²) in [7, 11) is 1.49. The molecule has 1 heterocycles. The van der Waals surface area contributed by atoms with Gasteiger partial charge in [-0.05, 0) is 23.8 Å². The van der Waals surface area contributed by atoms with Crippen LogP contribution in [0.15, 0.2) is 24.3 Å². The van der Waals surface area contributed by atoms with Crippen molar-refractivity contribution < 1.29 is 14.6 Å². The molecule has 0 aliphatic carbocycles. The van der Waals surface area contributed by atoms with Crippen LogP contribution in [0.1, 0.15) is 5.56 Å². The van der Waals surface area contributed by atoms with Crippen LogP contribution in [-0.4, -0.2) is 36.1 Å². The van der Waals surface area contributed by atoms with E-state index in [2.05, 4.69) is 0 Å². The van der Waals surface area contributed by atoms with Gasteiger partial charge in [-0.25, -0.2) is 0 Å². The molecule has 1 aromatic carbocycles. The Kier molecular flexibility index (Phi) is 2.81. The van der Waals surface area contributed by atoms with Gasteiger partial charge in [0.1, 0.15) is 0 Å². The van der Waals surface area contributed by atoms with Gasteiger partial charge in [-0.3, -0.25) is 4.79 Å². The third-order valence-electron chi connectivity index (χ3n) is 2.38. The molecule has 16 heavy (non-hydrogen) atoms. The van der Waals surface area contributed by atoms with E-state index in [1.165, 1.54) is 13.2 Å². The van der Waals surface area contributed by atoms with Gasteiger partial charge < -0.3 is 14.7 Å². The summed E-state index contributed by atoms with van der Waals surface area (Å²) in [6.07, 6.45) is 3.24. The summed E-state index contributed by atoms with van der Waals surface area (Å²) in [6, 6.07) is 4.95. The van der Waals surface area contributed by atoms with Gasteiger partial charge in [-0.1, -0.05) is 6.07 Å². The number of carbonyl (C=O) groups excluding carboxylic acids is 1. The van der Waals surface area contributed by atoms with Crippen LogP contribution in [0.5, 0.6) is 11.5 Å². The standard InChI is InChI=1S/C12H13NO3/c1-16-11-8-9(2-4-10(11)14)3-5-12(15)13-6-7-13/h2-5,8,14H,6-7H2,1H3. The van der Waals surface area contributed by atoms with Crippen LogP contribution in [0.25, 0.3) is 6.08 Å². The van der Waals surface area contributed by atoms with E-state index in [4.69, 9.17) is 4.74 Å². The van der Waals surface area contributed by atoms with E-state index in [-0.39, 0.29) is 11.7 Å². The lowest BCUT2D eigenvalue weighted by Gasteiger charge is -2.03. The molecule has 4 nitrogen and oxygen atoms in total. The molecule has 0 spiro atoms. The SMILES string of the molecule is COc1cc(C=CC(=O)N2CC2)ccc1O. The lowest BCUT2D eigenvalue weighted by molar-refractivity contribution is -0.120. The molecule has 1 aliphatic rings. The fourth-order valence-corrected chi connectivity index (χ4v) is 1.34. The van der Waals surface area contributed by atoms with Gasteiger partial charge in [0.05, 0.1) is 7.11 Å². The number of phenols is 1. The van der Waals surface area contributed by atoms with Crippen molar-refractivity contribution in [2.45, 2.75) is 0 Å². The van der Waals surface area contributed by atoms with Crippen molar-refractivity contribution >= 4 is 12.0 Å². The van der Waals surface area contributed by atoms with Crippen LogP contribution in [0.4, 0.5) is 0 Å². The van der Waals surface area contributed by atoms with Crippen molar-refractivity contribution in [3.63, 3.8) is 0 Å². The number of amides is 1. The molecule has 0 unspecified atom stereocenters. The molecule has 0 atom stereocenters. The number of rotatable bonds is 3. The zero-order valence-corrected chi connectivity index (χ0v) is 9.01. The van der Waals surface area contributed by atoms with Crippen molar-refractivity contribution in [2.24, 2.45) is 0 Å². The Morgan fingerprint density at radius 3 is 2.88 bits per heavy atom. The van der Waals surface area contributed by atoms with Gasteiger partial charge >= 0.3 is 0 Å². The molecule has 0 aromatic heterocycles. The number of phenolic OH excluding ortho intramolecular Hbond substituents is 1. The number of hydrogen-bond donors (Lipinski definition) is 1. The van der Waals surface area contributed by atoms with E-state index in [0.29, 0.717) is 5.75 Å². The van der Waals surface area contributed by atoms with Crippen LogP contribution in [0.3, 0.4) is 0 Å². The summed E-state index contributed by atoms with van der Waals surface area (Å²) in [5.74, 6) is 0.519. The minimum absolute atomic E-state index is 0.0204. The van der Waals surface area contributed by atoms with Crippen molar-refractivity contribution in [1.29, 1.82) is 0 Å². The molecule has 1 aromatic rings. The van der Waals surface area contributed by atoms with Crippen molar-refractivity contribution in [2.75, 3.05) is 20.2 Å². The zero-order chi connectivity index (χ0) is 11.5. The summed E-state index contributed by atoms with van der Waals surface area (Å²) < 4.78 is 4.97. The number of methoxy groups -OCH3 is 1. The molecule has 0 saturated carbocycles. The van der Waals surface area contributed by atoms with Gasteiger partial charge in [-0.15, -0.1) is 0 Å². The zero-order valence-electron chi connectivity index (χ0n) is 9.01. The van der Waals surface area contributed by atoms with Crippen LogP contribution in [0.2, 0.25) is 0 Å². The number of carbonyl (C=O) groups is 1. The van der Waals surface area contributed by atoms with Gasteiger partial charge in [0.15, 0.2) is 11.5 Å². The Bertz CT molecular complexity index is 436. The number of hydrogen-bond acceptors (Lipinski definition) is 3. The van der Waals surface area contributed by atoms with E-state index >= 15 is 0 Å². The van der Waals surface area contributed by atoms with Crippen LogP contribution < -0.4 is 4.74 Å². The summed E-state index contributed by atoms with van der Waals surface area (Å²) >= 11 is 0. The second-order valence-electron chi connectivity index (χ2n) is 3.59. The predicted octanol–water partition coefficient (Wildman–Crippen LogP) is 1.26. The molecular weight excluding hydrogens is 206 g/mol. The molecule has 84 valence electrons. The number of nitrogens with zero attached hydrogens (tertiary/aromatic N) is 1. The lowest BCUT2D eigenvalue weighted by atomic mass is 10.2. The molecule has 1 amide bonds. The first-order valence-corrected chi connectivity index (χ1v) is 5.04. The molecule has 1 N–H and O–H groups in total. The van der Waals surface area contributed by atoms with E-state index < -0.39 is 0 Å². The quantitative estimate of drug-likeness (QED) is 0.615. The molecule has 0 radical (unpaired) electrons. The maximum absolute atomic E-state index is 11.4. The van der Waals surface area contributed by atoms with Crippen molar-refractivity contribution in [3.05, 3.63) is 29.8 Å². The van der Waals surface area contributed by atoms with Gasteiger partial charge in [0.2, 0.25) is 5.91 Å². The highest BCUT2D eigenvalue weighted by Crippen LogP contribution is 2.26. The first kappa shape index (κ1) is 10.5. The van der Waals surface area contributed by atoms with Crippen LogP contribution >= 0.6 is 0 Å². The highest BCUT2D eigenvalue weighted by atomic mass is 16.5. The van der Waals surface area contributed by atoms with Crippen LogP contribution in [0, 0.1) is 0 Å². The second kappa shape index (κ2) is 4.26. The fraction of sp³-hybridized carbons (Fsp3) is 0.250. The number of aromatic hydroxyl groups is 1. The molecule has 1 saturated heterocycles. The fourth-order valence-electron chi connectivity index (χ4n) is 1.34. The number of benzene rings is 1. The first-order valence-electron chi connectivity index (χ1n) is 5.04. The lowest BCUT2D eigenvalue weighted by Crippen LogP contribution is -2.05. The van der Waals surface area contributed by atoms with Crippen molar-refractivity contribution in [1.82, 2.24) is 4.90 Å². The Morgan fingerprint density at radius 2 is 2.25 bits per heavy atom. The normalized spacial score (nSPS) is 14.2. The Labute approximate surface area is 93.8 Å². The average Bonchev–Trinajstić information content (AvgIpc) is 3.11. The van der Waals surface area contributed by atoms with E-state index in [1.807, 2.05) is 0 Å². The van der Waals surface area contributed by atoms with Crippen molar-refractivity contribution in [3.8, 4) is 11.5 Å². The van der Waals surface area contributed by atoms with E-state index in [1.54, 1.807) is 29.2 Å². The number of ether oxygens (including phenoxy) is 1. The molecule has 2 rings (SSSR count). The third kappa shape index (κ3) is 2.34. The highest BCUT2D eigenvalue weighted by molar-refractivity contribution is 5.93. The van der Waals surface area contributed by atoms with Gasteiger partial charge in [0, 0.05) is 19.2 Å². The van der Waals surface area contributed by atoms with Gasteiger partial charge in [-0.2, -0.15) is 0 Å². The average molecular weight is 219 g/mol. The molecular formula is C12H13NO3. The summed E-state index contributed by atoms with van der Waals surface area (Å²) in [5.41, 5.74) is 0.824. The third-order valence-corrected chi connectivity index (χ3v) is 2.38. The largest absolute Gasteiger partial charge is 0.504 e. The predicted molar refractivity (Wildman–Crippen MR) is 60.3 cm³/mol. The maximum atomic E-state index is 11.4. The topological polar surface area (TPSA) is 49.5 Å². The first-order chi connectivity index (χ1) is 7.70. The highest BCUT2D eigenvalue weighted by Gasteiger charge is 2.21. The van der Waals surface area contributed by atoms with E-state index in [0.717, 1.165) is 18.7 Å². The molecule has 1 aliphatic heterocycles. The summed E-state index contributed by atoms with van der Waals surface area (Å²) in [6.45, 7) is 1.70. The maximum Gasteiger partial charge on any atom is 0.246 e. The Balaban J connectivity index is 2.11. The van der Waals surface area contributed by atoms with E-state index in [9.17, 15) is 9.90 Å². The second-order valence-corrected chi connectivity index (χ2v) is 3.59. The summed E-state index contributed by atoms with van der Waals surface area (Å²) in [5, 5.41) is 9.39. The monoisotopic (exact) mass is 219 g/mol. The molecule has 4 heteroatoms. The van der Waals surface area contributed by atoms with Gasteiger partial charge in [0.25, 0.3) is 0 Å².